The van der Waals surface area contributed by atoms with Crippen molar-refractivity contribution in [1.82, 2.24) is 4.90 Å². The Bertz CT molecular complexity index is 1310. The molecule has 4 heterocycles. The van der Waals surface area contributed by atoms with Gasteiger partial charge in [-0.1, -0.05) is 33.3 Å². The number of nitrogens with zero attached hydrogens (tertiary/aromatic N) is 1. The molecule has 0 radical (unpaired) electrons. The third-order valence-electron chi connectivity index (χ3n) is 12.0. The molecule has 7 aliphatic rings. The summed E-state index contributed by atoms with van der Waals surface area (Å²) in [6, 6.07) is 0. The Balaban J connectivity index is 1.52. The van der Waals surface area contributed by atoms with Gasteiger partial charge in [0.25, 0.3) is 11.6 Å². The average molecular weight is 526 g/mol. The number of fused-ring (bicyclic) bond motifs is 5. The molecular formula is C29H35NO8. The van der Waals surface area contributed by atoms with Crippen LogP contribution in [0.5, 0.6) is 0 Å². The normalized spacial score (nSPS) is 54.9. The summed E-state index contributed by atoms with van der Waals surface area (Å²) in [7, 11) is 0. The molecule has 1 amide bonds. The van der Waals surface area contributed by atoms with Crippen molar-refractivity contribution in [3.63, 3.8) is 0 Å². The van der Waals surface area contributed by atoms with Crippen molar-refractivity contribution in [2.75, 3.05) is 0 Å². The summed E-state index contributed by atoms with van der Waals surface area (Å²) in [6.07, 6.45) is 3.22. The average Bonchev–Trinajstić information content (AvgIpc) is 2.96. The van der Waals surface area contributed by atoms with Gasteiger partial charge in [-0.3, -0.25) is 28.9 Å². The summed E-state index contributed by atoms with van der Waals surface area (Å²) in [5.41, 5.74) is -5.97. The van der Waals surface area contributed by atoms with Crippen LogP contribution < -0.4 is 0 Å². The lowest BCUT2D eigenvalue weighted by molar-refractivity contribution is -0.356. The highest BCUT2D eigenvalue weighted by atomic mass is 16.7. The molecule has 4 aliphatic heterocycles. The van der Waals surface area contributed by atoms with Gasteiger partial charge in [0.1, 0.15) is 5.78 Å². The van der Waals surface area contributed by atoms with E-state index >= 15 is 4.79 Å². The quantitative estimate of drug-likeness (QED) is 0.478. The fourth-order valence-electron chi connectivity index (χ4n) is 10.6. The molecule has 9 nitrogen and oxygen atoms in total. The molecule has 3 aliphatic carbocycles. The van der Waals surface area contributed by atoms with Gasteiger partial charge in [-0.05, 0) is 50.5 Å². The van der Waals surface area contributed by atoms with Crippen LogP contribution in [0.15, 0.2) is 11.6 Å². The van der Waals surface area contributed by atoms with Crippen LogP contribution in [-0.4, -0.2) is 56.5 Å². The molecule has 0 aromatic heterocycles. The highest BCUT2D eigenvalue weighted by molar-refractivity contribution is 6.08. The molecule has 4 saturated heterocycles. The third-order valence-corrected chi connectivity index (χ3v) is 12.0. The van der Waals surface area contributed by atoms with Gasteiger partial charge < -0.3 is 14.6 Å². The Morgan fingerprint density at radius 3 is 2.45 bits per heavy atom. The number of Topliss-reactive ketones (excluding diaryl/α,β-unsaturated/α-hetero) is 2. The lowest BCUT2D eigenvalue weighted by atomic mass is 9.33. The predicted molar refractivity (Wildman–Crippen MR) is 129 cm³/mol. The Kier molecular flexibility index (Phi) is 4.32. The third kappa shape index (κ3) is 2.30. The number of allylic oxidation sites excluding steroid dienone is 2. The van der Waals surface area contributed by atoms with Gasteiger partial charge in [0.2, 0.25) is 11.6 Å². The molecule has 1 spiro atoms. The lowest BCUT2D eigenvalue weighted by Gasteiger charge is -2.74. The monoisotopic (exact) mass is 525 g/mol. The number of ketones is 3. The number of hydrogen-bond acceptors (Lipinski definition) is 8. The molecule has 6 fully saturated rings. The van der Waals surface area contributed by atoms with E-state index in [-0.39, 0.29) is 36.7 Å². The van der Waals surface area contributed by atoms with Gasteiger partial charge in [-0.2, -0.15) is 0 Å². The minimum Gasteiger partial charge on any atom is -0.430 e. The van der Waals surface area contributed by atoms with E-state index in [9.17, 15) is 24.3 Å². The number of aliphatic hydroxyl groups is 1. The minimum absolute atomic E-state index is 0.0431. The molecule has 1 N–H and O–H groups in total. The number of carbonyl (C=O) groups is 5. The molecule has 10 unspecified atom stereocenters. The van der Waals surface area contributed by atoms with Crippen LogP contribution in [0.25, 0.3) is 0 Å². The number of carbonyl (C=O) groups excluding carboxylic acids is 5. The second-order valence-corrected chi connectivity index (χ2v) is 14.1. The first-order valence-electron chi connectivity index (χ1n) is 13.9. The van der Waals surface area contributed by atoms with Crippen LogP contribution in [0.2, 0.25) is 0 Å². The van der Waals surface area contributed by atoms with Crippen molar-refractivity contribution in [1.29, 1.82) is 0 Å². The van der Waals surface area contributed by atoms with Gasteiger partial charge >= 0.3 is 5.97 Å². The standard InChI is InChI=1S/C29H35NO8/c1-14-8-17-16(18(31)9-14)10-19(32)21-24(3)13-20(33)37-29(22(34)26(17,21)5)25(24,4)6-7-27-11-15(2)12-28(36,38-27)23(35)30(27)29/h9,15-17,21,36H,6-8,10-13H2,1-5H3. The SMILES string of the molecule is CC1=CC(=O)C2CC(=O)C3C(C)(C(=O)C45OC(=O)CC3(C)C4(C)CCC34CC(C)CC(O)(O3)C(=O)N45)C2C1. The zero-order valence-corrected chi connectivity index (χ0v) is 22.6. The first kappa shape index (κ1) is 24.6. The van der Waals surface area contributed by atoms with Gasteiger partial charge in [0.15, 0.2) is 11.5 Å². The number of amides is 1. The maximum atomic E-state index is 15.3. The molecular weight excluding hydrogens is 490 g/mol. The number of rotatable bonds is 0. The van der Waals surface area contributed by atoms with Crippen molar-refractivity contribution < 1.29 is 38.6 Å². The summed E-state index contributed by atoms with van der Waals surface area (Å²) in [6.45, 7) is 9.30. The fraction of sp³-hybridized carbons (Fsp3) is 0.759. The van der Waals surface area contributed by atoms with Gasteiger partial charge in [0.05, 0.1) is 6.42 Å². The highest BCUT2D eigenvalue weighted by Gasteiger charge is 2.88. The molecule has 4 bridgehead atoms. The van der Waals surface area contributed by atoms with E-state index < -0.39 is 68.9 Å². The van der Waals surface area contributed by atoms with Crippen molar-refractivity contribution in [2.45, 2.75) is 96.8 Å². The van der Waals surface area contributed by atoms with E-state index in [1.807, 2.05) is 27.7 Å². The number of hydrogen-bond donors (Lipinski definition) is 1. The van der Waals surface area contributed by atoms with Crippen molar-refractivity contribution >= 4 is 29.2 Å². The molecule has 0 aromatic rings. The van der Waals surface area contributed by atoms with Crippen LogP contribution >= 0.6 is 0 Å². The van der Waals surface area contributed by atoms with E-state index in [4.69, 9.17) is 9.47 Å². The van der Waals surface area contributed by atoms with Crippen molar-refractivity contribution in [2.24, 2.45) is 39.9 Å². The van der Waals surface area contributed by atoms with Gasteiger partial charge in [-0.25, -0.2) is 0 Å². The molecule has 204 valence electrons. The van der Waals surface area contributed by atoms with E-state index in [0.717, 1.165) is 5.57 Å². The summed E-state index contributed by atoms with van der Waals surface area (Å²) in [5, 5.41) is 11.4. The molecule has 38 heavy (non-hydrogen) atoms. The first-order valence-corrected chi connectivity index (χ1v) is 13.9. The van der Waals surface area contributed by atoms with Crippen LogP contribution in [-0.2, 0) is 33.4 Å². The zero-order chi connectivity index (χ0) is 27.4. The molecule has 9 heteroatoms. The van der Waals surface area contributed by atoms with Gasteiger partial charge in [0, 0.05) is 40.9 Å². The summed E-state index contributed by atoms with van der Waals surface area (Å²) in [5.74, 6) is -6.32. The lowest BCUT2D eigenvalue weighted by Crippen LogP contribution is -2.87. The van der Waals surface area contributed by atoms with E-state index in [1.54, 1.807) is 13.0 Å². The van der Waals surface area contributed by atoms with Crippen LogP contribution in [0.4, 0.5) is 0 Å². The fourth-order valence-corrected chi connectivity index (χ4v) is 10.6. The zero-order valence-electron chi connectivity index (χ0n) is 22.6. The maximum absolute atomic E-state index is 15.3. The Morgan fingerprint density at radius 1 is 1.03 bits per heavy atom. The topological polar surface area (TPSA) is 127 Å². The second-order valence-electron chi connectivity index (χ2n) is 14.1. The van der Waals surface area contributed by atoms with Crippen LogP contribution in [0.1, 0.15) is 79.6 Å². The minimum atomic E-state index is -2.11. The Hall–Kier alpha value is -2.39. The summed E-state index contributed by atoms with van der Waals surface area (Å²) >= 11 is 0. The second kappa shape index (κ2) is 6.66. The highest BCUT2D eigenvalue weighted by Crippen LogP contribution is 2.76. The van der Waals surface area contributed by atoms with Crippen molar-refractivity contribution in [3.05, 3.63) is 11.6 Å². The summed E-state index contributed by atoms with van der Waals surface area (Å²) < 4.78 is 12.3. The van der Waals surface area contributed by atoms with E-state index in [0.29, 0.717) is 25.7 Å². The Morgan fingerprint density at radius 2 is 1.74 bits per heavy atom. The summed E-state index contributed by atoms with van der Waals surface area (Å²) in [4.78, 5) is 71.4. The first-order chi connectivity index (χ1) is 17.6. The Labute approximate surface area is 221 Å². The molecule has 0 aromatic carbocycles. The number of ether oxygens (including phenoxy) is 2. The van der Waals surface area contributed by atoms with E-state index in [2.05, 4.69) is 0 Å². The molecule has 2 saturated carbocycles. The molecule has 7 rings (SSSR count). The van der Waals surface area contributed by atoms with E-state index in [1.165, 1.54) is 4.90 Å². The maximum Gasteiger partial charge on any atom is 0.308 e. The van der Waals surface area contributed by atoms with Crippen LogP contribution in [0.3, 0.4) is 0 Å². The van der Waals surface area contributed by atoms with Crippen LogP contribution in [0, 0.1) is 39.9 Å². The molecule has 10 atom stereocenters. The smallest absolute Gasteiger partial charge is 0.308 e. The predicted octanol–water partition coefficient (Wildman–Crippen LogP) is 2.44. The largest absolute Gasteiger partial charge is 0.430 e. The van der Waals surface area contributed by atoms with Gasteiger partial charge in [-0.15, -0.1) is 0 Å². The van der Waals surface area contributed by atoms with Crippen molar-refractivity contribution in [3.8, 4) is 0 Å². The number of piperidine rings is 1. The number of esters is 1.